The Hall–Kier alpha value is -1.68. The molecule has 0 saturated carbocycles. The van der Waals surface area contributed by atoms with E-state index >= 15 is 0 Å². The highest BCUT2D eigenvalue weighted by molar-refractivity contribution is 7.86. The standard InChI is InChI=1S/C22H41NO8S/c1-3-5-7-9-11-13-15-30-21(25)17-19(23-20(24)18-32(27,28)29)22(26)31-16-14-12-10-8-6-4-2/h19H,3-18H2,1-2H3,(H,23,24)(H,27,28,29). The first-order valence-corrected chi connectivity index (χ1v) is 13.4. The summed E-state index contributed by atoms with van der Waals surface area (Å²) in [5, 5.41) is 2.14. The van der Waals surface area contributed by atoms with Gasteiger partial charge in [0.2, 0.25) is 5.91 Å². The highest BCUT2D eigenvalue weighted by Crippen LogP contribution is 2.08. The third-order valence-electron chi connectivity index (χ3n) is 4.81. The molecule has 0 spiro atoms. The number of hydrogen-bond donors (Lipinski definition) is 2. The Labute approximate surface area is 192 Å². The van der Waals surface area contributed by atoms with E-state index in [0.29, 0.717) is 12.8 Å². The van der Waals surface area contributed by atoms with Crippen molar-refractivity contribution >= 4 is 28.0 Å². The topological polar surface area (TPSA) is 136 Å². The van der Waals surface area contributed by atoms with Gasteiger partial charge in [0.1, 0.15) is 6.04 Å². The first-order valence-electron chi connectivity index (χ1n) is 11.8. The highest BCUT2D eigenvalue weighted by Gasteiger charge is 2.27. The molecule has 0 aromatic carbocycles. The number of nitrogens with one attached hydrogen (secondary N) is 1. The fourth-order valence-electron chi connectivity index (χ4n) is 3.04. The average molecular weight is 480 g/mol. The predicted octanol–water partition coefficient (Wildman–Crippen LogP) is 3.56. The lowest BCUT2D eigenvalue weighted by Gasteiger charge is -2.17. The van der Waals surface area contributed by atoms with E-state index in [1.54, 1.807) is 0 Å². The van der Waals surface area contributed by atoms with Crippen molar-refractivity contribution in [1.82, 2.24) is 5.32 Å². The van der Waals surface area contributed by atoms with Crippen LogP contribution in [0.3, 0.4) is 0 Å². The summed E-state index contributed by atoms with van der Waals surface area (Å²) in [6, 6.07) is -1.37. The van der Waals surface area contributed by atoms with Crippen LogP contribution in [-0.2, 0) is 34.0 Å². The van der Waals surface area contributed by atoms with E-state index in [2.05, 4.69) is 19.2 Å². The smallest absolute Gasteiger partial charge is 0.329 e. The van der Waals surface area contributed by atoms with Gasteiger partial charge in [0.05, 0.1) is 19.6 Å². The van der Waals surface area contributed by atoms with Crippen molar-refractivity contribution < 1.29 is 36.8 Å². The molecule has 1 atom stereocenters. The third-order valence-corrected chi connectivity index (χ3v) is 5.43. The second-order valence-corrected chi connectivity index (χ2v) is 9.43. The third kappa shape index (κ3) is 19.0. The van der Waals surface area contributed by atoms with E-state index in [-0.39, 0.29) is 13.2 Å². The molecule has 0 aromatic rings. The van der Waals surface area contributed by atoms with E-state index in [0.717, 1.165) is 57.8 Å². The molecule has 0 aliphatic rings. The van der Waals surface area contributed by atoms with Crippen molar-refractivity contribution in [2.24, 2.45) is 0 Å². The largest absolute Gasteiger partial charge is 0.466 e. The van der Waals surface area contributed by atoms with Gasteiger partial charge in [-0.05, 0) is 12.8 Å². The summed E-state index contributed by atoms with van der Waals surface area (Å²) >= 11 is 0. The molecule has 0 aromatic heterocycles. The molecular weight excluding hydrogens is 438 g/mol. The Morgan fingerprint density at radius 1 is 0.781 bits per heavy atom. The first-order chi connectivity index (χ1) is 15.2. The summed E-state index contributed by atoms with van der Waals surface area (Å²) in [6.45, 7) is 4.61. The van der Waals surface area contributed by atoms with Crippen LogP contribution in [0.1, 0.15) is 97.3 Å². The molecule has 2 N–H and O–H groups in total. The van der Waals surface area contributed by atoms with E-state index in [4.69, 9.17) is 14.0 Å². The van der Waals surface area contributed by atoms with Crippen LogP contribution < -0.4 is 5.32 Å². The number of ether oxygens (including phenoxy) is 2. The lowest BCUT2D eigenvalue weighted by molar-refractivity contribution is -0.153. The number of rotatable bonds is 20. The molecule has 0 aliphatic carbocycles. The first kappa shape index (κ1) is 30.3. The van der Waals surface area contributed by atoms with Crippen LogP contribution >= 0.6 is 0 Å². The zero-order valence-electron chi connectivity index (χ0n) is 19.6. The second-order valence-electron chi connectivity index (χ2n) is 7.97. The Kier molecular flexibility index (Phi) is 17.9. The summed E-state index contributed by atoms with van der Waals surface area (Å²) in [5.41, 5.74) is 0. The van der Waals surface area contributed by atoms with Gasteiger partial charge < -0.3 is 14.8 Å². The minimum Gasteiger partial charge on any atom is -0.466 e. The van der Waals surface area contributed by atoms with Gasteiger partial charge in [-0.3, -0.25) is 14.1 Å². The average Bonchev–Trinajstić information content (AvgIpc) is 2.70. The maximum atomic E-state index is 12.3. The second kappa shape index (κ2) is 18.8. The monoisotopic (exact) mass is 479 g/mol. The maximum Gasteiger partial charge on any atom is 0.329 e. The molecule has 0 rings (SSSR count). The van der Waals surface area contributed by atoms with Crippen LogP contribution in [0.5, 0.6) is 0 Å². The molecule has 0 heterocycles. The summed E-state index contributed by atoms with van der Waals surface area (Å²) < 4.78 is 40.9. The van der Waals surface area contributed by atoms with Crippen LogP contribution in [0.2, 0.25) is 0 Å². The minimum absolute atomic E-state index is 0.141. The van der Waals surface area contributed by atoms with Crippen molar-refractivity contribution in [3.63, 3.8) is 0 Å². The zero-order chi connectivity index (χ0) is 24.2. The molecule has 10 heteroatoms. The summed E-state index contributed by atoms with van der Waals surface area (Å²) in [7, 11) is -4.56. The molecule has 9 nitrogen and oxygen atoms in total. The molecule has 188 valence electrons. The summed E-state index contributed by atoms with van der Waals surface area (Å²) in [6.07, 6.45) is 11.7. The zero-order valence-corrected chi connectivity index (χ0v) is 20.4. The number of carbonyl (C=O) groups excluding carboxylic acids is 3. The van der Waals surface area contributed by atoms with E-state index < -0.39 is 46.2 Å². The number of carbonyl (C=O) groups is 3. The van der Waals surface area contributed by atoms with Crippen molar-refractivity contribution in [2.75, 3.05) is 19.0 Å². The summed E-state index contributed by atoms with van der Waals surface area (Å²) in [4.78, 5) is 36.2. The van der Waals surface area contributed by atoms with Crippen LogP contribution in [0.25, 0.3) is 0 Å². The van der Waals surface area contributed by atoms with Crippen LogP contribution in [0.15, 0.2) is 0 Å². The maximum absolute atomic E-state index is 12.3. The van der Waals surface area contributed by atoms with Gasteiger partial charge in [0.25, 0.3) is 10.1 Å². The van der Waals surface area contributed by atoms with Gasteiger partial charge in [-0.15, -0.1) is 0 Å². The van der Waals surface area contributed by atoms with Crippen LogP contribution in [0.4, 0.5) is 0 Å². The molecule has 32 heavy (non-hydrogen) atoms. The van der Waals surface area contributed by atoms with Crippen LogP contribution in [-0.4, -0.2) is 55.8 Å². The number of hydrogen-bond acceptors (Lipinski definition) is 7. The Bertz CT molecular complexity index is 636. The predicted molar refractivity (Wildman–Crippen MR) is 122 cm³/mol. The molecule has 0 radical (unpaired) electrons. The van der Waals surface area contributed by atoms with E-state index in [1.807, 2.05) is 0 Å². The van der Waals surface area contributed by atoms with E-state index in [1.165, 1.54) is 6.42 Å². The quantitative estimate of drug-likeness (QED) is 0.154. The Morgan fingerprint density at radius 2 is 1.25 bits per heavy atom. The molecular formula is C22H41NO8S. The summed E-state index contributed by atoms with van der Waals surface area (Å²) in [5.74, 6) is -3.83. The molecule has 1 amide bonds. The minimum atomic E-state index is -4.56. The van der Waals surface area contributed by atoms with Gasteiger partial charge in [-0.1, -0.05) is 78.1 Å². The molecule has 0 fully saturated rings. The van der Waals surface area contributed by atoms with Gasteiger partial charge in [-0.2, -0.15) is 8.42 Å². The number of amides is 1. The Balaban J connectivity index is 4.50. The van der Waals surface area contributed by atoms with Gasteiger partial charge in [0, 0.05) is 0 Å². The van der Waals surface area contributed by atoms with Crippen LogP contribution in [0, 0.1) is 0 Å². The van der Waals surface area contributed by atoms with Crippen molar-refractivity contribution in [3.8, 4) is 0 Å². The van der Waals surface area contributed by atoms with Gasteiger partial charge >= 0.3 is 11.9 Å². The van der Waals surface area contributed by atoms with Crippen molar-refractivity contribution in [2.45, 2.75) is 103 Å². The lowest BCUT2D eigenvalue weighted by atomic mass is 10.1. The SMILES string of the molecule is CCCCCCCCOC(=O)CC(NC(=O)CS(=O)(=O)O)C(=O)OCCCCCCCC. The van der Waals surface area contributed by atoms with Crippen molar-refractivity contribution in [3.05, 3.63) is 0 Å². The fraction of sp³-hybridized carbons (Fsp3) is 0.864. The Morgan fingerprint density at radius 3 is 1.75 bits per heavy atom. The number of unbranched alkanes of at least 4 members (excludes halogenated alkanes) is 10. The molecule has 1 unspecified atom stereocenters. The fourth-order valence-corrected chi connectivity index (χ4v) is 3.46. The van der Waals surface area contributed by atoms with Crippen molar-refractivity contribution in [1.29, 1.82) is 0 Å². The normalized spacial score (nSPS) is 12.2. The molecule has 0 bridgehead atoms. The molecule has 0 saturated heterocycles. The lowest BCUT2D eigenvalue weighted by Crippen LogP contribution is -2.45. The van der Waals surface area contributed by atoms with Gasteiger partial charge in [0.15, 0.2) is 5.75 Å². The molecule has 0 aliphatic heterocycles. The van der Waals surface area contributed by atoms with Gasteiger partial charge in [-0.25, -0.2) is 4.79 Å². The number of esters is 2. The highest BCUT2D eigenvalue weighted by atomic mass is 32.2. The van der Waals surface area contributed by atoms with E-state index in [9.17, 15) is 22.8 Å².